The van der Waals surface area contributed by atoms with E-state index >= 15 is 0 Å². The van der Waals surface area contributed by atoms with Gasteiger partial charge in [0.15, 0.2) is 0 Å². The van der Waals surface area contributed by atoms with Crippen molar-refractivity contribution in [2.75, 3.05) is 18.8 Å². The van der Waals surface area contributed by atoms with Crippen LogP contribution in [0.4, 0.5) is 0 Å². The molecule has 1 N–H and O–H groups in total. The molecule has 1 saturated heterocycles. The van der Waals surface area contributed by atoms with Gasteiger partial charge in [0.1, 0.15) is 0 Å². The fraction of sp³-hybridized carbons (Fsp3) is 0.538. The third-order valence-electron chi connectivity index (χ3n) is 2.83. The van der Waals surface area contributed by atoms with Gasteiger partial charge in [-0.2, -0.15) is 0 Å². The molecule has 0 unspecified atom stereocenters. The predicted molar refractivity (Wildman–Crippen MR) is 74.0 cm³/mol. The number of thioether (sulfide) groups is 1. The smallest absolute Gasteiger partial charge is 0.0797 e. The van der Waals surface area contributed by atoms with Gasteiger partial charge in [-0.3, -0.25) is 0 Å². The highest BCUT2D eigenvalue weighted by molar-refractivity contribution is 7.99. The van der Waals surface area contributed by atoms with Gasteiger partial charge < -0.3 is 10.1 Å². The minimum absolute atomic E-state index is 0.314. The number of morpholine rings is 1. The summed E-state index contributed by atoms with van der Waals surface area (Å²) < 4.78 is 5.97. The van der Waals surface area contributed by atoms with E-state index < -0.39 is 0 Å². The van der Waals surface area contributed by atoms with Gasteiger partial charge in [0.2, 0.25) is 0 Å². The molecule has 1 heterocycles. The molecule has 1 aliphatic rings. The van der Waals surface area contributed by atoms with E-state index in [4.69, 9.17) is 16.3 Å². The maximum atomic E-state index is 5.97. The molecule has 1 aromatic rings. The van der Waals surface area contributed by atoms with Crippen molar-refractivity contribution in [3.63, 3.8) is 0 Å². The second kappa shape index (κ2) is 6.64. The number of rotatable bonds is 4. The lowest BCUT2D eigenvalue weighted by molar-refractivity contribution is -0.0258. The summed E-state index contributed by atoms with van der Waals surface area (Å²) in [5.74, 6) is 0.991. The van der Waals surface area contributed by atoms with Crippen molar-refractivity contribution in [2.45, 2.75) is 30.4 Å². The van der Waals surface area contributed by atoms with Crippen LogP contribution >= 0.6 is 23.4 Å². The monoisotopic (exact) mass is 271 g/mol. The summed E-state index contributed by atoms with van der Waals surface area (Å²) in [6, 6.07) is 7.97. The molecule has 0 amide bonds. The summed E-state index contributed by atoms with van der Waals surface area (Å²) in [4.78, 5) is 1.25. The highest BCUT2D eigenvalue weighted by Gasteiger charge is 2.20. The Morgan fingerprint density at radius 2 is 2.00 bits per heavy atom. The SMILES string of the molecule is CC[C@@H]1CNC[C@@H](CSc2ccc(Cl)cc2)O1. The van der Waals surface area contributed by atoms with Gasteiger partial charge in [-0.25, -0.2) is 0 Å². The predicted octanol–water partition coefficient (Wildman–Crippen LogP) is 3.20. The van der Waals surface area contributed by atoms with Gasteiger partial charge in [-0.15, -0.1) is 11.8 Å². The molecule has 0 saturated carbocycles. The molecule has 0 spiro atoms. The highest BCUT2D eigenvalue weighted by Crippen LogP contribution is 2.22. The van der Waals surface area contributed by atoms with E-state index in [2.05, 4.69) is 24.4 Å². The van der Waals surface area contributed by atoms with E-state index in [1.54, 1.807) is 0 Å². The highest BCUT2D eigenvalue weighted by atomic mass is 35.5. The van der Waals surface area contributed by atoms with Crippen LogP contribution in [0.5, 0.6) is 0 Å². The van der Waals surface area contributed by atoms with Crippen LogP contribution in [0.3, 0.4) is 0 Å². The summed E-state index contributed by atoms with van der Waals surface area (Å²) in [6.07, 6.45) is 1.77. The third kappa shape index (κ3) is 4.18. The Morgan fingerprint density at radius 3 is 2.71 bits per heavy atom. The molecule has 0 bridgehead atoms. The lowest BCUT2D eigenvalue weighted by Gasteiger charge is -2.30. The number of nitrogens with one attached hydrogen (secondary N) is 1. The van der Waals surface area contributed by atoms with Crippen LogP contribution in [0.2, 0.25) is 5.02 Å². The van der Waals surface area contributed by atoms with Gasteiger partial charge >= 0.3 is 0 Å². The quantitative estimate of drug-likeness (QED) is 0.850. The Kier molecular flexibility index (Phi) is 5.16. The average molecular weight is 272 g/mol. The first kappa shape index (κ1) is 13.2. The molecule has 0 radical (unpaired) electrons. The standard InChI is InChI=1S/C13H18ClNOS/c1-2-11-7-15-8-12(16-11)9-17-13-5-3-10(14)4-6-13/h3-6,11-12,15H,2,7-9H2,1H3/t11-,12+/m1/s1. The summed E-state index contributed by atoms with van der Waals surface area (Å²) >= 11 is 7.68. The molecule has 1 aliphatic heterocycles. The Labute approximate surface area is 112 Å². The Balaban J connectivity index is 1.79. The molecule has 4 heteroatoms. The Morgan fingerprint density at radius 1 is 1.29 bits per heavy atom. The molecule has 17 heavy (non-hydrogen) atoms. The molecule has 0 aliphatic carbocycles. The molecule has 1 aromatic carbocycles. The number of hydrogen-bond acceptors (Lipinski definition) is 3. The van der Waals surface area contributed by atoms with Crippen LogP contribution in [-0.2, 0) is 4.74 Å². The van der Waals surface area contributed by atoms with Gasteiger partial charge in [0.05, 0.1) is 12.2 Å². The first-order valence-electron chi connectivity index (χ1n) is 6.02. The molecule has 2 atom stereocenters. The minimum atomic E-state index is 0.314. The van der Waals surface area contributed by atoms with Gasteiger partial charge in [0.25, 0.3) is 0 Å². The number of halogens is 1. The van der Waals surface area contributed by atoms with Gasteiger partial charge in [-0.05, 0) is 30.7 Å². The lowest BCUT2D eigenvalue weighted by Crippen LogP contribution is -2.45. The molecular formula is C13H18ClNOS. The zero-order valence-corrected chi connectivity index (χ0v) is 11.6. The van der Waals surface area contributed by atoms with Crippen LogP contribution in [0.25, 0.3) is 0 Å². The maximum Gasteiger partial charge on any atom is 0.0797 e. The van der Waals surface area contributed by atoms with E-state index in [9.17, 15) is 0 Å². The molecule has 2 rings (SSSR count). The average Bonchev–Trinajstić information content (AvgIpc) is 2.38. The normalized spacial score (nSPS) is 24.8. The first-order chi connectivity index (χ1) is 8.28. The van der Waals surface area contributed by atoms with E-state index in [0.29, 0.717) is 12.2 Å². The maximum absolute atomic E-state index is 5.97. The Hall–Kier alpha value is -0.220. The summed E-state index contributed by atoms with van der Waals surface area (Å²) in [6.45, 7) is 4.11. The van der Waals surface area contributed by atoms with E-state index in [0.717, 1.165) is 30.3 Å². The lowest BCUT2D eigenvalue weighted by atomic mass is 10.2. The van der Waals surface area contributed by atoms with E-state index in [-0.39, 0.29) is 0 Å². The van der Waals surface area contributed by atoms with Gasteiger partial charge in [0, 0.05) is 28.8 Å². The van der Waals surface area contributed by atoms with Crippen molar-refractivity contribution in [1.82, 2.24) is 5.32 Å². The van der Waals surface area contributed by atoms with Crippen LogP contribution in [0.15, 0.2) is 29.2 Å². The van der Waals surface area contributed by atoms with Crippen molar-refractivity contribution in [3.05, 3.63) is 29.3 Å². The van der Waals surface area contributed by atoms with Crippen LogP contribution in [0, 0.1) is 0 Å². The van der Waals surface area contributed by atoms with Crippen LogP contribution in [0.1, 0.15) is 13.3 Å². The topological polar surface area (TPSA) is 21.3 Å². The van der Waals surface area contributed by atoms with Crippen molar-refractivity contribution in [1.29, 1.82) is 0 Å². The fourth-order valence-corrected chi connectivity index (χ4v) is 2.86. The fourth-order valence-electron chi connectivity index (χ4n) is 1.83. The largest absolute Gasteiger partial charge is 0.371 e. The number of hydrogen-bond donors (Lipinski definition) is 1. The van der Waals surface area contributed by atoms with Crippen molar-refractivity contribution in [2.24, 2.45) is 0 Å². The molecule has 2 nitrogen and oxygen atoms in total. The molecule has 0 aromatic heterocycles. The van der Waals surface area contributed by atoms with Crippen LogP contribution < -0.4 is 5.32 Å². The Bertz CT molecular complexity index is 344. The summed E-state index contributed by atoms with van der Waals surface area (Å²) in [5, 5.41) is 4.21. The van der Waals surface area contributed by atoms with Crippen molar-refractivity contribution < 1.29 is 4.74 Å². The van der Waals surface area contributed by atoms with Crippen molar-refractivity contribution in [3.8, 4) is 0 Å². The molecular weight excluding hydrogens is 254 g/mol. The summed E-state index contributed by atoms with van der Waals surface area (Å²) in [7, 11) is 0. The second-order valence-corrected chi connectivity index (χ2v) is 5.74. The zero-order valence-electron chi connectivity index (χ0n) is 9.99. The first-order valence-corrected chi connectivity index (χ1v) is 7.39. The zero-order chi connectivity index (χ0) is 12.1. The van der Waals surface area contributed by atoms with Crippen molar-refractivity contribution >= 4 is 23.4 Å². The van der Waals surface area contributed by atoms with E-state index in [1.807, 2.05) is 23.9 Å². The second-order valence-electron chi connectivity index (χ2n) is 4.21. The molecule has 1 fully saturated rings. The van der Waals surface area contributed by atoms with E-state index in [1.165, 1.54) is 4.90 Å². The third-order valence-corrected chi connectivity index (χ3v) is 4.23. The summed E-state index contributed by atoms with van der Waals surface area (Å²) in [5.41, 5.74) is 0. The van der Waals surface area contributed by atoms with Gasteiger partial charge in [-0.1, -0.05) is 18.5 Å². The molecule has 94 valence electrons. The van der Waals surface area contributed by atoms with Crippen LogP contribution in [-0.4, -0.2) is 31.1 Å². The number of benzene rings is 1. The number of ether oxygens (including phenoxy) is 1. The minimum Gasteiger partial charge on any atom is -0.371 e.